The Morgan fingerprint density at radius 1 is 1.54 bits per heavy atom. The van der Waals surface area contributed by atoms with Gasteiger partial charge in [-0.15, -0.1) is 0 Å². The lowest BCUT2D eigenvalue weighted by molar-refractivity contribution is 0.368. The van der Waals surface area contributed by atoms with E-state index >= 15 is 0 Å². The van der Waals surface area contributed by atoms with Crippen molar-refractivity contribution in [3.8, 4) is 0 Å². The molecule has 0 bridgehead atoms. The van der Waals surface area contributed by atoms with Gasteiger partial charge in [0.25, 0.3) is 0 Å². The highest BCUT2D eigenvalue weighted by atomic mass is 15.0. The van der Waals surface area contributed by atoms with Gasteiger partial charge in [0.2, 0.25) is 0 Å². The molecular weight excluding hydrogens is 160 g/mol. The summed E-state index contributed by atoms with van der Waals surface area (Å²) in [5.41, 5.74) is 0.369. The minimum Gasteiger partial charge on any atom is -0.315 e. The maximum absolute atomic E-state index is 3.56. The van der Waals surface area contributed by atoms with Crippen LogP contribution in [0.4, 0.5) is 0 Å². The third-order valence-electron chi connectivity index (χ3n) is 3.16. The number of hydrogen-bond donors (Lipinski definition) is 2. The van der Waals surface area contributed by atoms with Crippen molar-refractivity contribution in [3.63, 3.8) is 0 Å². The quantitative estimate of drug-likeness (QED) is 0.680. The normalized spacial score (nSPS) is 30.7. The second kappa shape index (κ2) is 4.97. The zero-order chi connectivity index (χ0) is 9.73. The average Bonchev–Trinajstić information content (AvgIpc) is 2.52. The van der Waals surface area contributed by atoms with Gasteiger partial charge in [0.1, 0.15) is 0 Å². The van der Waals surface area contributed by atoms with Gasteiger partial charge in [0.15, 0.2) is 0 Å². The largest absolute Gasteiger partial charge is 0.315 e. The maximum Gasteiger partial charge on any atom is 0.0278 e. The predicted molar refractivity (Wildman–Crippen MR) is 58.0 cm³/mol. The molecule has 13 heavy (non-hydrogen) atoms. The van der Waals surface area contributed by atoms with E-state index in [1.807, 2.05) is 0 Å². The molecule has 2 nitrogen and oxygen atoms in total. The van der Waals surface area contributed by atoms with Crippen LogP contribution in [0.2, 0.25) is 0 Å². The van der Waals surface area contributed by atoms with E-state index < -0.39 is 0 Å². The fraction of sp³-hybridized carbons (Fsp3) is 1.00. The lowest BCUT2D eigenvalue weighted by Crippen LogP contribution is -2.46. The fourth-order valence-electron chi connectivity index (χ4n) is 1.85. The van der Waals surface area contributed by atoms with Crippen molar-refractivity contribution in [2.45, 2.75) is 45.6 Å². The van der Waals surface area contributed by atoms with Crippen LogP contribution in [-0.4, -0.2) is 25.2 Å². The minimum atomic E-state index is 0.369. The molecule has 0 aromatic carbocycles. The lowest BCUT2D eigenvalue weighted by Gasteiger charge is -2.25. The Morgan fingerprint density at radius 3 is 2.85 bits per heavy atom. The van der Waals surface area contributed by atoms with E-state index in [1.165, 1.54) is 25.8 Å². The van der Waals surface area contributed by atoms with E-state index in [-0.39, 0.29) is 0 Å². The van der Waals surface area contributed by atoms with Crippen LogP contribution in [0.5, 0.6) is 0 Å². The summed E-state index contributed by atoms with van der Waals surface area (Å²) in [7, 11) is 0. The van der Waals surface area contributed by atoms with Crippen molar-refractivity contribution in [2.75, 3.05) is 19.6 Å². The summed E-state index contributed by atoms with van der Waals surface area (Å²) in [6.45, 7) is 10.4. The highest BCUT2D eigenvalue weighted by Crippen LogP contribution is 2.17. The molecule has 0 spiro atoms. The molecular formula is C11H24N2. The first-order valence-electron chi connectivity index (χ1n) is 5.62. The van der Waals surface area contributed by atoms with Gasteiger partial charge in [0, 0.05) is 12.1 Å². The van der Waals surface area contributed by atoms with Gasteiger partial charge < -0.3 is 10.6 Å². The van der Waals surface area contributed by atoms with E-state index in [9.17, 15) is 0 Å². The first-order valence-corrected chi connectivity index (χ1v) is 5.62. The third-order valence-corrected chi connectivity index (χ3v) is 3.16. The molecule has 2 N–H and O–H groups in total. The van der Waals surface area contributed by atoms with Gasteiger partial charge in [-0.1, -0.05) is 20.3 Å². The smallest absolute Gasteiger partial charge is 0.0278 e. The number of rotatable bonds is 5. The summed E-state index contributed by atoms with van der Waals surface area (Å²) in [5, 5.41) is 7.12. The Labute approximate surface area is 82.5 Å². The first-order chi connectivity index (χ1) is 6.16. The van der Waals surface area contributed by atoms with Gasteiger partial charge in [-0.2, -0.15) is 0 Å². The molecule has 0 aromatic heterocycles. The van der Waals surface area contributed by atoms with Crippen molar-refractivity contribution in [3.05, 3.63) is 0 Å². The molecule has 2 unspecified atom stereocenters. The molecule has 1 aliphatic rings. The molecule has 1 rings (SSSR count). The third kappa shape index (κ3) is 3.65. The van der Waals surface area contributed by atoms with Crippen LogP contribution in [0, 0.1) is 5.92 Å². The van der Waals surface area contributed by atoms with Crippen molar-refractivity contribution >= 4 is 0 Å². The van der Waals surface area contributed by atoms with Crippen molar-refractivity contribution in [1.82, 2.24) is 10.6 Å². The highest BCUT2D eigenvalue weighted by Gasteiger charge is 2.27. The molecule has 0 aliphatic carbocycles. The predicted octanol–water partition coefficient (Wildman–Crippen LogP) is 1.76. The van der Waals surface area contributed by atoms with Crippen LogP contribution in [0.15, 0.2) is 0 Å². The fourth-order valence-corrected chi connectivity index (χ4v) is 1.85. The van der Waals surface area contributed by atoms with Crippen LogP contribution >= 0.6 is 0 Å². The summed E-state index contributed by atoms with van der Waals surface area (Å²) in [6, 6.07) is 0. The first kappa shape index (κ1) is 11.0. The minimum absolute atomic E-state index is 0.369. The van der Waals surface area contributed by atoms with Gasteiger partial charge >= 0.3 is 0 Å². The topological polar surface area (TPSA) is 24.1 Å². The Balaban J connectivity index is 2.11. The molecule has 1 saturated heterocycles. The van der Waals surface area contributed by atoms with E-state index in [1.54, 1.807) is 0 Å². The van der Waals surface area contributed by atoms with Gasteiger partial charge in [0.05, 0.1) is 0 Å². The van der Waals surface area contributed by atoms with Crippen molar-refractivity contribution < 1.29 is 0 Å². The standard InChI is InChI=1S/C11H24N2/c1-4-10(2)8-12-9-11(3)6-5-7-13-11/h10,12-13H,4-9H2,1-3H3. The highest BCUT2D eigenvalue weighted by molar-refractivity contribution is 4.90. The SMILES string of the molecule is CCC(C)CNCC1(C)CCCN1. The van der Waals surface area contributed by atoms with E-state index in [4.69, 9.17) is 0 Å². The van der Waals surface area contributed by atoms with Crippen LogP contribution < -0.4 is 10.6 Å². The molecule has 78 valence electrons. The molecule has 0 saturated carbocycles. The van der Waals surface area contributed by atoms with E-state index in [2.05, 4.69) is 31.4 Å². The Kier molecular flexibility index (Phi) is 4.20. The summed E-state index contributed by atoms with van der Waals surface area (Å²) in [6.07, 6.45) is 3.93. The molecule has 1 fully saturated rings. The molecule has 1 heterocycles. The van der Waals surface area contributed by atoms with Gasteiger partial charge in [-0.3, -0.25) is 0 Å². The van der Waals surface area contributed by atoms with Crippen LogP contribution in [-0.2, 0) is 0 Å². The maximum atomic E-state index is 3.56. The molecule has 2 heteroatoms. The van der Waals surface area contributed by atoms with Crippen LogP contribution in [0.25, 0.3) is 0 Å². The average molecular weight is 184 g/mol. The molecule has 0 aromatic rings. The zero-order valence-electron chi connectivity index (χ0n) is 9.32. The number of hydrogen-bond acceptors (Lipinski definition) is 2. The molecule has 0 amide bonds. The van der Waals surface area contributed by atoms with E-state index in [0.29, 0.717) is 5.54 Å². The zero-order valence-corrected chi connectivity index (χ0v) is 9.32. The number of nitrogens with one attached hydrogen (secondary N) is 2. The summed E-state index contributed by atoms with van der Waals surface area (Å²) >= 11 is 0. The van der Waals surface area contributed by atoms with E-state index in [0.717, 1.165) is 19.0 Å². The Morgan fingerprint density at radius 2 is 2.31 bits per heavy atom. The Bertz CT molecular complexity index is 139. The summed E-state index contributed by atoms with van der Waals surface area (Å²) < 4.78 is 0. The second-order valence-corrected chi connectivity index (χ2v) is 4.74. The van der Waals surface area contributed by atoms with Gasteiger partial charge in [-0.25, -0.2) is 0 Å². The summed E-state index contributed by atoms with van der Waals surface area (Å²) in [4.78, 5) is 0. The summed E-state index contributed by atoms with van der Waals surface area (Å²) in [5.74, 6) is 0.810. The van der Waals surface area contributed by atoms with Crippen LogP contribution in [0.1, 0.15) is 40.0 Å². The molecule has 0 radical (unpaired) electrons. The van der Waals surface area contributed by atoms with Crippen molar-refractivity contribution in [2.24, 2.45) is 5.92 Å². The second-order valence-electron chi connectivity index (χ2n) is 4.74. The monoisotopic (exact) mass is 184 g/mol. The molecule has 1 aliphatic heterocycles. The van der Waals surface area contributed by atoms with Crippen molar-refractivity contribution in [1.29, 1.82) is 0 Å². The lowest BCUT2D eigenvalue weighted by atomic mass is 10.00. The van der Waals surface area contributed by atoms with Crippen LogP contribution in [0.3, 0.4) is 0 Å². The van der Waals surface area contributed by atoms with Gasteiger partial charge in [-0.05, 0) is 38.8 Å². The Hall–Kier alpha value is -0.0800. The molecule has 2 atom stereocenters.